The third kappa shape index (κ3) is 2.50. The Labute approximate surface area is 94.1 Å². The van der Waals surface area contributed by atoms with Crippen molar-refractivity contribution in [2.75, 3.05) is 17.6 Å². The van der Waals surface area contributed by atoms with E-state index in [0.29, 0.717) is 0 Å². The van der Waals surface area contributed by atoms with E-state index in [9.17, 15) is 0 Å². The third-order valence-corrected chi connectivity index (χ3v) is 2.37. The number of rotatable bonds is 4. The first-order valence-electron chi connectivity index (χ1n) is 5.20. The van der Waals surface area contributed by atoms with Crippen molar-refractivity contribution in [1.29, 1.82) is 0 Å². The summed E-state index contributed by atoms with van der Waals surface area (Å²) >= 11 is 0. The van der Waals surface area contributed by atoms with E-state index in [0.717, 1.165) is 35.9 Å². The molecule has 0 radical (unpaired) electrons. The number of aryl methyl sites for hydroxylation is 1. The highest BCUT2D eigenvalue weighted by Gasteiger charge is 1.98. The Morgan fingerprint density at radius 2 is 2.31 bits per heavy atom. The number of hydrogen-bond acceptors (Lipinski definition) is 4. The van der Waals surface area contributed by atoms with E-state index in [2.05, 4.69) is 20.3 Å². The van der Waals surface area contributed by atoms with Crippen LogP contribution in [0.25, 0.3) is 0 Å². The lowest BCUT2D eigenvalue weighted by Crippen LogP contribution is -2.07. The number of anilines is 2. The van der Waals surface area contributed by atoms with Crippen molar-refractivity contribution in [3.05, 3.63) is 36.0 Å². The maximum atomic E-state index is 5.69. The van der Waals surface area contributed by atoms with Crippen LogP contribution in [-0.2, 0) is 6.42 Å². The molecule has 0 bridgehead atoms. The second kappa shape index (κ2) is 4.65. The zero-order valence-electron chi connectivity index (χ0n) is 9.20. The van der Waals surface area contributed by atoms with Gasteiger partial charge < -0.3 is 16.0 Å². The number of H-pyrrole nitrogens is 1. The zero-order valence-corrected chi connectivity index (χ0v) is 9.20. The van der Waals surface area contributed by atoms with Crippen LogP contribution in [0.15, 0.2) is 24.7 Å². The molecule has 0 spiro atoms. The van der Waals surface area contributed by atoms with Crippen molar-refractivity contribution >= 4 is 11.5 Å². The first-order valence-corrected chi connectivity index (χ1v) is 5.20. The van der Waals surface area contributed by atoms with Crippen LogP contribution in [0, 0.1) is 6.92 Å². The summed E-state index contributed by atoms with van der Waals surface area (Å²) in [6.07, 6.45) is 6.09. The van der Waals surface area contributed by atoms with Gasteiger partial charge in [0.2, 0.25) is 0 Å². The standard InChI is InChI=1S/C11H15N5/c1-8-6-11(16-7-9(8)12)13-3-2-10-14-4-5-15-10/h4-7H,2-3,12H2,1H3,(H,13,16)(H,14,15). The highest BCUT2D eigenvalue weighted by Crippen LogP contribution is 2.12. The van der Waals surface area contributed by atoms with Gasteiger partial charge in [-0.05, 0) is 18.6 Å². The molecule has 0 aliphatic rings. The first-order chi connectivity index (χ1) is 7.75. The summed E-state index contributed by atoms with van der Waals surface area (Å²) in [7, 11) is 0. The number of pyridine rings is 1. The van der Waals surface area contributed by atoms with Crippen molar-refractivity contribution in [2.24, 2.45) is 0 Å². The van der Waals surface area contributed by atoms with Crippen LogP contribution >= 0.6 is 0 Å². The highest BCUT2D eigenvalue weighted by atomic mass is 15.0. The molecule has 2 aromatic heterocycles. The molecule has 2 aromatic rings. The maximum absolute atomic E-state index is 5.69. The van der Waals surface area contributed by atoms with Crippen molar-refractivity contribution in [1.82, 2.24) is 15.0 Å². The Morgan fingerprint density at radius 1 is 1.44 bits per heavy atom. The molecule has 2 heterocycles. The summed E-state index contributed by atoms with van der Waals surface area (Å²) in [6.45, 7) is 2.76. The number of nitrogen functional groups attached to an aromatic ring is 1. The molecule has 0 aliphatic heterocycles. The minimum atomic E-state index is 0.719. The van der Waals surface area contributed by atoms with Crippen LogP contribution in [0.2, 0.25) is 0 Å². The van der Waals surface area contributed by atoms with Crippen molar-refractivity contribution in [3.8, 4) is 0 Å². The van der Waals surface area contributed by atoms with E-state index >= 15 is 0 Å². The van der Waals surface area contributed by atoms with Crippen LogP contribution in [0.3, 0.4) is 0 Å². The minimum Gasteiger partial charge on any atom is -0.397 e. The number of nitrogens with two attached hydrogens (primary N) is 1. The van der Waals surface area contributed by atoms with Crippen LogP contribution < -0.4 is 11.1 Å². The molecule has 0 unspecified atom stereocenters. The van der Waals surface area contributed by atoms with Gasteiger partial charge in [0.1, 0.15) is 11.6 Å². The van der Waals surface area contributed by atoms with Gasteiger partial charge in [0, 0.05) is 25.4 Å². The fourth-order valence-corrected chi connectivity index (χ4v) is 1.41. The van der Waals surface area contributed by atoms with Gasteiger partial charge >= 0.3 is 0 Å². The number of imidazole rings is 1. The lowest BCUT2D eigenvalue weighted by atomic mass is 10.2. The molecule has 0 atom stereocenters. The van der Waals surface area contributed by atoms with Gasteiger partial charge in [0.15, 0.2) is 0 Å². The predicted molar refractivity (Wildman–Crippen MR) is 64.2 cm³/mol. The predicted octanol–water partition coefficient (Wildman–Crippen LogP) is 1.35. The Morgan fingerprint density at radius 3 is 3.00 bits per heavy atom. The van der Waals surface area contributed by atoms with Gasteiger partial charge in [-0.15, -0.1) is 0 Å². The van der Waals surface area contributed by atoms with Gasteiger partial charge in [-0.3, -0.25) is 0 Å². The summed E-state index contributed by atoms with van der Waals surface area (Å²) in [4.78, 5) is 11.4. The fraction of sp³-hybridized carbons (Fsp3) is 0.273. The smallest absolute Gasteiger partial charge is 0.126 e. The quantitative estimate of drug-likeness (QED) is 0.722. The van der Waals surface area contributed by atoms with Gasteiger partial charge in [-0.2, -0.15) is 0 Å². The zero-order chi connectivity index (χ0) is 11.4. The van der Waals surface area contributed by atoms with E-state index in [4.69, 9.17) is 5.73 Å². The number of nitrogens with one attached hydrogen (secondary N) is 2. The van der Waals surface area contributed by atoms with E-state index in [1.165, 1.54) is 0 Å². The molecule has 0 aliphatic carbocycles. The summed E-state index contributed by atoms with van der Waals surface area (Å²) in [5, 5.41) is 3.22. The van der Waals surface area contributed by atoms with Crippen LogP contribution in [0.4, 0.5) is 11.5 Å². The van der Waals surface area contributed by atoms with Crippen LogP contribution in [0.5, 0.6) is 0 Å². The van der Waals surface area contributed by atoms with E-state index < -0.39 is 0 Å². The van der Waals surface area contributed by atoms with Crippen molar-refractivity contribution in [3.63, 3.8) is 0 Å². The summed E-state index contributed by atoms with van der Waals surface area (Å²) in [5.41, 5.74) is 7.45. The average Bonchev–Trinajstić information content (AvgIpc) is 2.76. The molecular formula is C11H15N5. The molecule has 0 amide bonds. The van der Waals surface area contributed by atoms with Gasteiger partial charge in [-0.1, -0.05) is 0 Å². The Bertz CT molecular complexity index is 449. The Hall–Kier alpha value is -2.04. The van der Waals surface area contributed by atoms with E-state index in [1.54, 1.807) is 12.4 Å². The SMILES string of the molecule is Cc1cc(NCCc2ncc[nH]2)ncc1N. The van der Waals surface area contributed by atoms with Crippen LogP contribution in [-0.4, -0.2) is 21.5 Å². The second-order valence-corrected chi connectivity index (χ2v) is 3.64. The molecule has 5 heteroatoms. The fourth-order valence-electron chi connectivity index (χ4n) is 1.41. The van der Waals surface area contributed by atoms with E-state index in [-0.39, 0.29) is 0 Å². The molecular weight excluding hydrogens is 202 g/mol. The molecule has 5 nitrogen and oxygen atoms in total. The lowest BCUT2D eigenvalue weighted by Gasteiger charge is -2.06. The van der Waals surface area contributed by atoms with E-state index in [1.807, 2.05) is 19.2 Å². The summed E-state index contributed by atoms with van der Waals surface area (Å²) < 4.78 is 0. The first kappa shape index (κ1) is 10.5. The monoisotopic (exact) mass is 217 g/mol. The Balaban J connectivity index is 1.87. The Kier molecular flexibility index (Phi) is 3.05. The van der Waals surface area contributed by atoms with Crippen LogP contribution in [0.1, 0.15) is 11.4 Å². The topological polar surface area (TPSA) is 79.6 Å². The molecule has 2 rings (SSSR count). The molecule has 84 valence electrons. The summed E-state index contributed by atoms with van der Waals surface area (Å²) in [6, 6.07) is 1.94. The second-order valence-electron chi connectivity index (χ2n) is 3.64. The van der Waals surface area contributed by atoms with Crippen molar-refractivity contribution in [2.45, 2.75) is 13.3 Å². The molecule has 4 N–H and O–H groups in total. The molecule has 16 heavy (non-hydrogen) atoms. The van der Waals surface area contributed by atoms with Gasteiger partial charge in [0.05, 0.1) is 11.9 Å². The number of nitrogens with zero attached hydrogens (tertiary/aromatic N) is 2. The number of aromatic nitrogens is 3. The highest BCUT2D eigenvalue weighted by molar-refractivity contribution is 5.50. The van der Waals surface area contributed by atoms with Gasteiger partial charge in [0.25, 0.3) is 0 Å². The molecule has 0 aromatic carbocycles. The number of aromatic amines is 1. The molecule has 0 saturated heterocycles. The summed E-state index contributed by atoms with van der Waals surface area (Å²) in [5.74, 6) is 1.82. The molecule has 0 fully saturated rings. The largest absolute Gasteiger partial charge is 0.397 e. The maximum Gasteiger partial charge on any atom is 0.126 e. The van der Waals surface area contributed by atoms with Crippen molar-refractivity contribution < 1.29 is 0 Å². The number of hydrogen-bond donors (Lipinski definition) is 3. The minimum absolute atomic E-state index is 0.719. The third-order valence-electron chi connectivity index (χ3n) is 2.37. The lowest BCUT2D eigenvalue weighted by molar-refractivity contribution is 0.921. The normalized spacial score (nSPS) is 10.3. The molecule has 0 saturated carbocycles. The van der Waals surface area contributed by atoms with Gasteiger partial charge in [-0.25, -0.2) is 9.97 Å². The average molecular weight is 217 g/mol.